The van der Waals surface area contributed by atoms with Gasteiger partial charge in [0.25, 0.3) is 0 Å². The van der Waals surface area contributed by atoms with Crippen molar-refractivity contribution in [3.8, 4) is 23.0 Å². The summed E-state index contributed by atoms with van der Waals surface area (Å²) in [6, 6.07) is 18.9. The van der Waals surface area contributed by atoms with Crippen LogP contribution in [-0.4, -0.2) is 67.1 Å². The van der Waals surface area contributed by atoms with Crippen LogP contribution in [0.1, 0.15) is 150 Å². The van der Waals surface area contributed by atoms with Gasteiger partial charge >= 0.3 is 0 Å². The molecule has 0 N–H and O–H groups in total. The van der Waals surface area contributed by atoms with Gasteiger partial charge in [0.1, 0.15) is 36.2 Å². The van der Waals surface area contributed by atoms with Crippen LogP contribution in [0, 0.1) is 0 Å². The topological polar surface area (TPSA) is 64.6 Å². The highest BCUT2D eigenvalue weighted by molar-refractivity contribution is 5.60. The van der Waals surface area contributed by atoms with Crippen molar-refractivity contribution in [1.82, 2.24) is 0 Å². The molecule has 61 heavy (non-hydrogen) atoms. The summed E-state index contributed by atoms with van der Waals surface area (Å²) in [5.41, 5.74) is 13.6. The highest BCUT2D eigenvalue weighted by Crippen LogP contribution is 2.44. The Labute approximate surface area is 367 Å². The van der Waals surface area contributed by atoms with Gasteiger partial charge in [-0.15, -0.1) is 0 Å². The van der Waals surface area contributed by atoms with E-state index in [4.69, 9.17) is 33.2 Å². The Morgan fingerprint density at radius 3 is 0.754 bits per heavy atom. The first-order valence-electron chi connectivity index (χ1n) is 22.4. The Bertz CT molecular complexity index is 1900. The van der Waals surface area contributed by atoms with Gasteiger partial charge in [0, 0.05) is 25.7 Å². The molecule has 0 atom stereocenters. The van der Waals surface area contributed by atoms with Crippen molar-refractivity contribution in [1.29, 1.82) is 0 Å². The minimum atomic E-state index is -0.117. The van der Waals surface area contributed by atoms with Crippen molar-refractivity contribution in [3.05, 3.63) is 115 Å². The van der Waals surface area contributed by atoms with Crippen LogP contribution < -0.4 is 18.9 Å². The number of ether oxygens (including phenoxy) is 7. The molecule has 0 spiro atoms. The molecule has 1 aliphatic heterocycles. The molecule has 2 aliphatic rings. The second kappa shape index (κ2) is 18.7. The zero-order valence-electron chi connectivity index (χ0n) is 40.0. The van der Waals surface area contributed by atoms with E-state index in [0.717, 1.165) is 67.5 Å². The van der Waals surface area contributed by atoms with Crippen LogP contribution in [0.15, 0.2) is 48.5 Å². The van der Waals surface area contributed by atoms with Crippen molar-refractivity contribution in [3.63, 3.8) is 0 Å². The Morgan fingerprint density at radius 2 is 0.541 bits per heavy atom. The number of hydrogen-bond donors (Lipinski definition) is 0. The van der Waals surface area contributed by atoms with E-state index in [1.807, 2.05) is 14.2 Å². The fourth-order valence-electron chi connectivity index (χ4n) is 8.46. The highest BCUT2D eigenvalue weighted by Gasteiger charge is 2.29. The molecule has 0 unspecified atom stereocenters. The molecular formula is C54H74O7. The van der Waals surface area contributed by atoms with Gasteiger partial charge in [-0.25, -0.2) is 0 Å². The fourth-order valence-corrected chi connectivity index (χ4v) is 8.46. The minimum absolute atomic E-state index is 0.112. The number of benzene rings is 4. The molecule has 4 aromatic carbocycles. The summed E-state index contributed by atoms with van der Waals surface area (Å²) < 4.78 is 44.9. The van der Waals surface area contributed by atoms with E-state index in [1.165, 1.54) is 22.3 Å². The number of hydrogen-bond acceptors (Lipinski definition) is 7. The van der Waals surface area contributed by atoms with Gasteiger partial charge in [-0.2, -0.15) is 0 Å². The quantitative estimate of drug-likeness (QED) is 0.175. The van der Waals surface area contributed by atoms with Gasteiger partial charge in [-0.1, -0.05) is 132 Å². The van der Waals surface area contributed by atoms with Crippen molar-refractivity contribution in [2.24, 2.45) is 0 Å². The second-order valence-corrected chi connectivity index (χ2v) is 21.1. The lowest BCUT2D eigenvalue weighted by molar-refractivity contribution is 0.00484. The summed E-state index contributed by atoms with van der Waals surface area (Å²) in [5.74, 6) is 3.59. The number of rotatable bonds is 2. The summed E-state index contributed by atoms with van der Waals surface area (Å²) in [7, 11) is 3.63. The first-order chi connectivity index (χ1) is 28.7. The lowest BCUT2D eigenvalue weighted by Crippen LogP contribution is -2.19. The summed E-state index contributed by atoms with van der Waals surface area (Å²) in [6.07, 6.45) is 2.50. The number of fused-ring (bicyclic) bond motifs is 2. The molecule has 0 amide bonds. The van der Waals surface area contributed by atoms with E-state index in [1.54, 1.807) is 0 Å². The third kappa shape index (κ3) is 11.3. The van der Waals surface area contributed by atoms with E-state index in [2.05, 4.69) is 132 Å². The average molecular weight is 835 g/mol. The van der Waals surface area contributed by atoms with Crippen LogP contribution in [0.5, 0.6) is 23.0 Å². The van der Waals surface area contributed by atoms with E-state index in [-0.39, 0.29) is 21.7 Å². The maximum Gasteiger partial charge on any atom is 0.126 e. The monoisotopic (exact) mass is 835 g/mol. The van der Waals surface area contributed by atoms with Gasteiger partial charge in [0.05, 0.1) is 53.9 Å². The van der Waals surface area contributed by atoms with E-state index in [9.17, 15) is 0 Å². The summed E-state index contributed by atoms with van der Waals surface area (Å²) in [4.78, 5) is 0. The molecule has 7 heteroatoms. The molecule has 4 aromatic rings. The molecule has 1 aliphatic carbocycles. The Balaban J connectivity index is 1.75. The predicted molar refractivity (Wildman–Crippen MR) is 248 cm³/mol. The average Bonchev–Trinajstić information content (AvgIpc) is 3.15. The van der Waals surface area contributed by atoms with Crippen LogP contribution >= 0.6 is 0 Å². The van der Waals surface area contributed by atoms with E-state index < -0.39 is 0 Å². The Hall–Kier alpha value is -4.04. The Kier molecular flexibility index (Phi) is 14.3. The highest BCUT2D eigenvalue weighted by atomic mass is 16.6. The van der Waals surface area contributed by atoms with Crippen LogP contribution in [0.2, 0.25) is 0 Å². The normalized spacial score (nSPS) is 16.3. The van der Waals surface area contributed by atoms with Gasteiger partial charge in [0.15, 0.2) is 0 Å². The maximum atomic E-state index is 6.95. The molecule has 7 nitrogen and oxygen atoms in total. The third-order valence-electron chi connectivity index (χ3n) is 12.1. The molecule has 0 aromatic heterocycles. The molecule has 6 rings (SSSR count). The second-order valence-electron chi connectivity index (χ2n) is 21.1. The fraction of sp³-hybridized carbons (Fsp3) is 0.556. The minimum Gasteiger partial charge on any atom is -0.496 e. The molecule has 0 saturated heterocycles. The smallest absolute Gasteiger partial charge is 0.126 e. The van der Waals surface area contributed by atoms with Crippen molar-refractivity contribution < 1.29 is 33.2 Å². The van der Waals surface area contributed by atoms with Gasteiger partial charge in [-0.05, 0) is 88.4 Å². The molecule has 0 saturated carbocycles. The third-order valence-corrected chi connectivity index (χ3v) is 12.1. The van der Waals surface area contributed by atoms with Crippen molar-refractivity contribution in [2.45, 2.75) is 130 Å². The first-order valence-corrected chi connectivity index (χ1v) is 22.4. The van der Waals surface area contributed by atoms with Crippen molar-refractivity contribution >= 4 is 0 Å². The molecule has 0 fully saturated rings. The standard InChI is InChI=1S/C54H74O7/c1-51(2,3)43-27-35-23-39-31-45(53(7,8)9)33-41-25-37-29-44(52(4,5)6)30-38(48(37)56-14)26-42-34-46(54(10,11)12)32-40(24-36(28-43)47(35)55-13)50(42)61-22-20-59-18-16-57-15-17-58-19-21-60-49(39)41/h27-34H,15-26H2,1-14H3. The summed E-state index contributed by atoms with van der Waals surface area (Å²) in [6.45, 7) is 31.1. The van der Waals surface area contributed by atoms with Crippen LogP contribution in [0.3, 0.4) is 0 Å². The van der Waals surface area contributed by atoms with Gasteiger partial charge in [-0.3, -0.25) is 0 Å². The van der Waals surface area contributed by atoms with E-state index >= 15 is 0 Å². The zero-order chi connectivity index (χ0) is 44.3. The molecule has 0 radical (unpaired) electrons. The van der Waals surface area contributed by atoms with Gasteiger partial charge < -0.3 is 33.2 Å². The van der Waals surface area contributed by atoms with Crippen LogP contribution in [0.4, 0.5) is 0 Å². The molecule has 10 bridgehead atoms. The van der Waals surface area contributed by atoms with Crippen LogP contribution in [0.25, 0.3) is 0 Å². The van der Waals surface area contributed by atoms with Crippen molar-refractivity contribution in [2.75, 3.05) is 67.1 Å². The lowest BCUT2D eigenvalue weighted by atomic mass is 9.79. The number of methoxy groups -OCH3 is 2. The maximum absolute atomic E-state index is 6.95. The first kappa shape index (κ1) is 46.5. The Morgan fingerprint density at radius 1 is 0.328 bits per heavy atom. The largest absolute Gasteiger partial charge is 0.496 e. The van der Waals surface area contributed by atoms with Crippen LogP contribution in [-0.2, 0) is 61.6 Å². The summed E-state index contributed by atoms with van der Waals surface area (Å²) in [5, 5.41) is 0. The molecular weight excluding hydrogens is 761 g/mol. The molecule has 1 heterocycles. The summed E-state index contributed by atoms with van der Waals surface area (Å²) >= 11 is 0. The SMILES string of the molecule is COc1c2cc(C(C)(C)C)cc1Cc1cc(C(C)(C)C)cc3c1OCCOCCOCCOCCOc1c(cc(C(C)(C)C)cc1Cc1cc(C(C)(C)C)cc(c1OC)C3)C2. The van der Waals surface area contributed by atoms with E-state index in [0.29, 0.717) is 78.5 Å². The lowest BCUT2D eigenvalue weighted by Gasteiger charge is -2.29. The van der Waals surface area contributed by atoms with Gasteiger partial charge in [0.2, 0.25) is 0 Å². The zero-order valence-corrected chi connectivity index (χ0v) is 40.0. The predicted octanol–water partition coefficient (Wildman–Crippen LogP) is 11.4. The molecule has 332 valence electrons.